The summed E-state index contributed by atoms with van der Waals surface area (Å²) in [5.41, 5.74) is 3.48. The second-order valence-corrected chi connectivity index (χ2v) is 8.02. The van der Waals surface area contributed by atoms with Gasteiger partial charge in [-0.2, -0.15) is 10.2 Å². The van der Waals surface area contributed by atoms with Crippen LogP contribution in [0, 0.1) is 0 Å². The lowest BCUT2D eigenvalue weighted by Gasteiger charge is -2.08. The van der Waals surface area contributed by atoms with Gasteiger partial charge in [0.2, 0.25) is 5.91 Å². The van der Waals surface area contributed by atoms with E-state index in [0.717, 1.165) is 27.4 Å². The summed E-state index contributed by atoms with van der Waals surface area (Å²) < 4.78 is 3.40. The Balaban J connectivity index is 1.34. The molecule has 0 aliphatic carbocycles. The van der Waals surface area contributed by atoms with Crippen LogP contribution in [0.1, 0.15) is 11.1 Å². The van der Waals surface area contributed by atoms with Crippen LogP contribution in [-0.2, 0) is 11.3 Å². The minimum absolute atomic E-state index is 0.215. The number of hydrogen-bond acceptors (Lipinski definition) is 6. The van der Waals surface area contributed by atoms with Gasteiger partial charge >= 0.3 is 0 Å². The number of nitrogens with one attached hydrogen (secondary N) is 1. The first-order chi connectivity index (χ1) is 16.3. The summed E-state index contributed by atoms with van der Waals surface area (Å²) in [4.78, 5) is 21.9. The summed E-state index contributed by atoms with van der Waals surface area (Å²) >= 11 is 1.61. The first-order valence-electron chi connectivity index (χ1n) is 10.2. The summed E-state index contributed by atoms with van der Waals surface area (Å²) in [6, 6.07) is 17.6. The maximum atomic E-state index is 12.6. The highest BCUT2D eigenvalue weighted by atomic mass is 32.1. The van der Waals surface area contributed by atoms with Crippen LogP contribution in [0.3, 0.4) is 0 Å². The van der Waals surface area contributed by atoms with Crippen molar-refractivity contribution in [3.8, 4) is 22.1 Å². The fourth-order valence-electron chi connectivity index (χ4n) is 3.33. The third-order valence-electron chi connectivity index (χ3n) is 4.89. The Kier molecular flexibility index (Phi) is 5.85. The molecule has 5 aromatic rings. The minimum Gasteiger partial charge on any atom is -0.348 e. The van der Waals surface area contributed by atoms with Gasteiger partial charge < -0.3 is 5.32 Å². The van der Waals surface area contributed by atoms with E-state index in [1.165, 1.54) is 12.4 Å². The number of benzene rings is 1. The van der Waals surface area contributed by atoms with Crippen LogP contribution < -0.4 is 5.32 Å². The highest BCUT2D eigenvalue weighted by Crippen LogP contribution is 2.28. The normalized spacial score (nSPS) is 11.2. The van der Waals surface area contributed by atoms with Gasteiger partial charge in [0.15, 0.2) is 5.82 Å². The number of amides is 1. The van der Waals surface area contributed by atoms with Crippen LogP contribution in [0.4, 0.5) is 0 Å². The molecule has 9 heteroatoms. The maximum Gasteiger partial charge on any atom is 0.244 e. The van der Waals surface area contributed by atoms with Crippen LogP contribution in [0.15, 0.2) is 91.1 Å². The van der Waals surface area contributed by atoms with Crippen molar-refractivity contribution in [1.29, 1.82) is 0 Å². The molecule has 0 spiro atoms. The number of rotatable bonds is 7. The molecule has 1 N–H and O–H groups in total. The van der Waals surface area contributed by atoms with Gasteiger partial charge in [-0.1, -0.05) is 30.3 Å². The van der Waals surface area contributed by atoms with E-state index in [1.807, 2.05) is 70.9 Å². The molecule has 162 valence electrons. The van der Waals surface area contributed by atoms with Crippen LogP contribution in [0.2, 0.25) is 0 Å². The maximum absolute atomic E-state index is 12.6. The number of para-hydroxylation sites is 1. The molecule has 0 saturated carbocycles. The Bertz CT molecular complexity index is 1370. The van der Waals surface area contributed by atoms with E-state index in [4.69, 9.17) is 5.10 Å². The predicted molar refractivity (Wildman–Crippen MR) is 127 cm³/mol. The molecule has 4 heterocycles. The van der Waals surface area contributed by atoms with E-state index in [-0.39, 0.29) is 5.91 Å². The molecule has 0 aliphatic rings. The molecule has 33 heavy (non-hydrogen) atoms. The van der Waals surface area contributed by atoms with Gasteiger partial charge in [-0.25, -0.2) is 19.3 Å². The van der Waals surface area contributed by atoms with E-state index in [0.29, 0.717) is 12.4 Å². The van der Waals surface area contributed by atoms with E-state index >= 15 is 0 Å². The van der Waals surface area contributed by atoms with E-state index < -0.39 is 0 Å². The van der Waals surface area contributed by atoms with Gasteiger partial charge in [0.05, 0.1) is 10.6 Å². The average molecular weight is 454 g/mol. The smallest absolute Gasteiger partial charge is 0.244 e. The monoisotopic (exact) mass is 453 g/mol. The first kappa shape index (κ1) is 20.5. The Morgan fingerprint density at radius 2 is 1.97 bits per heavy atom. The summed E-state index contributed by atoms with van der Waals surface area (Å²) in [6.45, 7) is 0.313. The van der Waals surface area contributed by atoms with Crippen molar-refractivity contribution in [3.05, 3.63) is 102 Å². The van der Waals surface area contributed by atoms with E-state index in [2.05, 4.69) is 20.4 Å². The molecule has 0 saturated heterocycles. The topological polar surface area (TPSA) is 90.5 Å². The van der Waals surface area contributed by atoms with Gasteiger partial charge in [-0.15, -0.1) is 11.3 Å². The molecule has 0 aliphatic heterocycles. The van der Waals surface area contributed by atoms with Crippen LogP contribution in [-0.4, -0.2) is 35.4 Å². The molecule has 0 radical (unpaired) electrons. The fraction of sp³-hybridized carbons (Fsp3) is 0.0417. The third kappa shape index (κ3) is 4.63. The van der Waals surface area contributed by atoms with Crippen LogP contribution in [0.25, 0.3) is 28.2 Å². The lowest BCUT2D eigenvalue weighted by atomic mass is 10.2. The molecule has 0 atom stereocenters. The molecule has 0 fully saturated rings. The zero-order chi connectivity index (χ0) is 22.5. The average Bonchev–Trinajstić information content (AvgIpc) is 3.63. The quantitative estimate of drug-likeness (QED) is 0.378. The number of pyridine rings is 1. The second-order valence-electron chi connectivity index (χ2n) is 7.07. The number of nitrogens with zero attached hydrogens (tertiary/aromatic N) is 6. The van der Waals surface area contributed by atoms with E-state index in [9.17, 15) is 4.79 Å². The molecule has 8 nitrogen and oxygen atoms in total. The van der Waals surface area contributed by atoms with Crippen molar-refractivity contribution in [3.63, 3.8) is 0 Å². The Morgan fingerprint density at radius 3 is 2.76 bits per heavy atom. The zero-order valence-electron chi connectivity index (χ0n) is 17.4. The van der Waals surface area contributed by atoms with Crippen molar-refractivity contribution in [1.82, 2.24) is 34.8 Å². The highest BCUT2D eigenvalue weighted by Gasteiger charge is 2.12. The van der Waals surface area contributed by atoms with Gasteiger partial charge in [0, 0.05) is 36.1 Å². The lowest BCUT2D eigenvalue weighted by molar-refractivity contribution is -0.116. The van der Waals surface area contributed by atoms with Crippen molar-refractivity contribution >= 4 is 23.3 Å². The minimum atomic E-state index is -0.215. The van der Waals surface area contributed by atoms with Crippen molar-refractivity contribution < 1.29 is 4.79 Å². The lowest BCUT2D eigenvalue weighted by Crippen LogP contribution is -2.21. The summed E-state index contributed by atoms with van der Waals surface area (Å²) in [5.74, 6) is 0.413. The molecule has 1 amide bonds. The van der Waals surface area contributed by atoms with Gasteiger partial charge in [0.25, 0.3) is 0 Å². The molecule has 0 unspecified atom stereocenters. The number of carbonyl (C=O) groups is 1. The Morgan fingerprint density at radius 1 is 1.06 bits per heavy atom. The summed E-state index contributed by atoms with van der Waals surface area (Å²) in [6.07, 6.45) is 9.94. The molecule has 1 aromatic carbocycles. The molecule has 0 bridgehead atoms. The summed E-state index contributed by atoms with van der Waals surface area (Å²) in [7, 11) is 0. The number of hydrogen-bond donors (Lipinski definition) is 1. The largest absolute Gasteiger partial charge is 0.348 e. The number of thiophene rings is 1. The second kappa shape index (κ2) is 9.41. The van der Waals surface area contributed by atoms with Gasteiger partial charge in [0.1, 0.15) is 18.3 Å². The van der Waals surface area contributed by atoms with Gasteiger partial charge in [-0.3, -0.25) is 4.79 Å². The van der Waals surface area contributed by atoms with Crippen molar-refractivity contribution in [2.45, 2.75) is 6.54 Å². The molecule has 4 aromatic heterocycles. The first-order valence-corrected chi connectivity index (χ1v) is 11.1. The molecular weight excluding hydrogens is 434 g/mol. The predicted octanol–water partition coefficient (Wildman–Crippen LogP) is 3.91. The van der Waals surface area contributed by atoms with Crippen LogP contribution in [0.5, 0.6) is 0 Å². The zero-order valence-corrected chi connectivity index (χ0v) is 18.3. The summed E-state index contributed by atoms with van der Waals surface area (Å²) in [5, 5.41) is 13.8. The third-order valence-corrected chi connectivity index (χ3v) is 5.77. The highest BCUT2D eigenvalue weighted by molar-refractivity contribution is 7.13. The van der Waals surface area contributed by atoms with Crippen molar-refractivity contribution in [2.24, 2.45) is 0 Å². The molecular formula is C24H19N7OS. The number of aromatic nitrogens is 6. The standard InChI is InChI=1S/C24H19N7OS/c32-22(27-14-18-6-4-12-26-24(18)31-17-25-16-28-31)11-10-19-15-30(20-7-2-1-3-8-20)29-23(19)21-9-5-13-33-21/h1-13,15-17H,14H2,(H,27,32)/b11-10+. The van der Waals surface area contributed by atoms with E-state index in [1.54, 1.807) is 34.6 Å². The number of carbonyl (C=O) groups excluding carboxylic acids is 1. The van der Waals surface area contributed by atoms with Crippen LogP contribution >= 0.6 is 11.3 Å². The Hall–Kier alpha value is -4.37. The fourth-order valence-corrected chi connectivity index (χ4v) is 4.06. The SMILES string of the molecule is O=C(/C=C/c1cn(-c2ccccc2)nc1-c1cccs1)NCc1cccnc1-n1cncn1. The van der Waals surface area contributed by atoms with Crippen molar-refractivity contribution in [2.75, 3.05) is 0 Å². The van der Waals surface area contributed by atoms with Gasteiger partial charge in [-0.05, 0) is 35.7 Å². The molecule has 5 rings (SSSR count). The Labute approximate surface area is 193 Å².